The predicted octanol–water partition coefficient (Wildman–Crippen LogP) is 7.59. The zero-order valence-corrected chi connectivity index (χ0v) is 28.6. The first kappa shape index (κ1) is 38.9. The van der Waals surface area contributed by atoms with E-state index >= 15 is 0 Å². The largest absolute Gasteiger partial charge is 0.465 e. The van der Waals surface area contributed by atoms with Gasteiger partial charge in [-0.25, -0.2) is 5.09 Å². The van der Waals surface area contributed by atoms with Gasteiger partial charge >= 0.3 is 21.2 Å². The third-order valence-electron chi connectivity index (χ3n) is 5.77. The number of carbonyl (C=O) groups excluding carboxylic acids is 1. The molecule has 4 atom stereocenters. The van der Waals surface area contributed by atoms with E-state index in [2.05, 4.69) is 5.09 Å². The van der Waals surface area contributed by atoms with Crippen LogP contribution in [0.3, 0.4) is 0 Å². The Kier molecular flexibility index (Phi) is 17.1. The van der Waals surface area contributed by atoms with Crippen LogP contribution in [-0.4, -0.2) is 62.2 Å². The molecule has 39 heavy (non-hydrogen) atoms. The van der Waals surface area contributed by atoms with Crippen LogP contribution in [0.25, 0.3) is 0 Å². The van der Waals surface area contributed by atoms with Crippen molar-refractivity contribution in [1.29, 1.82) is 0 Å². The van der Waals surface area contributed by atoms with Crippen molar-refractivity contribution < 1.29 is 45.8 Å². The molecule has 0 aromatic rings. The monoisotopic (exact) mass is 621 g/mol. The van der Waals surface area contributed by atoms with Crippen molar-refractivity contribution in [2.24, 2.45) is 5.41 Å². The number of esters is 1. The van der Waals surface area contributed by atoms with Crippen LogP contribution in [0.4, 0.5) is 0 Å². The molecule has 0 aliphatic carbocycles. The minimum atomic E-state index is -3.98. The van der Waals surface area contributed by atoms with E-state index in [4.69, 9.17) is 27.4 Å². The van der Waals surface area contributed by atoms with Crippen molar-refractivity contribution >= 4 is 28.7 Å². The van der Waals surface area contributed by atoms with Gasteiger partial charge in [-0.2, -0.15) is 0 Å². The Bertz CT molecular complexity index is 865. The van der Waals surface area contributed by atoms with E-state index in [1.807, 2.05) is 20.8 Å². The molecule has 14 heteroatoms. The zero-order valence-electron chi connectivity index (χ0n) is 25.9. The molecule has 0 aromatic carbocycles. The molecular formula is C25H54NO10P3. The lowest BCUT2D eigenvalue weighted by Crippen LogP contribution is -2.39. The molecule has 11 nitrogen and oxygen atoms in total. The van der Waals surface area contributed by atoms with Crippen LogP contribution in [0.2, 0.25) is 0 Å². The number of nitrogens with one attached hydrogen (secondary N) is 1. The van der Waals surface area contributed by atoms with Crippen molar-refractivity contribution in [2.75, 3.05) is 39.6 Å². The molecule has 0 aliphatic heterocycles. The molecule has 1 N–H and O–H groups in total. The molecule has 0 aromatic heterocycles. The molecule has 0 radical (unpaired) electrons. The molecule has 4 unspecified atom stereocenters. The average molecular weight is 622 g/mol. The second-order valence-corrected chi connectivity index (χ2v) is 18.6. The third kappa shape index (κ3) is 12.4. The van der Waals surface area contributed by atoms with Gasteiger partial charge in [-0.3, -0.25) is 18.5 Å². The van der Waals surface area contributed by atoms with Crippen LogP contribution in [-0.2, 0) is 45.8 Å². The van der Waals surface area contributed by atoms with Crippen molar-refractivity contribution in [3.05, 3.63) is 0 Å². The van der Waals surface area contributed by atoms with Gasteiger partial charge in [0, 0.05) is 0 Å². The standard InChI is InChI=1S/C25H54NO10P3/c1-12-31-23(27)21(6)26-39(30,35-16-5)25(10,11)18-17-19-36-38(29,34-15-4)22(20-24(7,8)9)37(28,32-13-2)33-14-3/h21-22H,12-20H2,1-11H3,(H,26,30). The highest BCUT2D eigenvalue weighted by Gasteiger charge is 2.52. The molecule has 0 heterocycles. The van der Waals surface area contributed by atoms with E-state index in [1.165, 1.54) is 0 Å². The van der Waals surface area contributed by atoms with E-state index in [0.717, 1.165) is 0 Å². The van der Waals surface area contributed by atoms with Crippen LogP contribution in [0.15, 0.2) is 0 Å². The van der Waals surface area contributed by atoms with E-state index < -0.39 is 45.3 Å². The van der Waals surface area contributed by atoms with E-state index in [1.54, 1.807) is 55.4 Å². The summed E-state index contributed by atoms with van der Waals surface area (Å²) < 4.78 is 75.3. The number of ether oxygens (including phenoxy) is 1. The quantitative estimate of drug-likeness (QED) is 0.0771. The first-order valence-corrected chi connectivity index (χ1v) is 18.7. The van der Waals surface area contributed by atoms with Crippen molar-refractivity contribution in [3.8, 4) is 0 Å². The smallest absolute Gasteiger partial charge is 0.345 e. The van der Waals surface area contributed by atoms with Gasteiger partial charge in [-0.05, 0) is 80.1 Å². The van der Waals surface area contributed by atoms with Crippen LogP contribution < -0.4 is 5.09 Å². The molecular weight excluding hydrogens is 567 g/mol. The van der Waals surface area contributed by atoms with Gasteiger partial charge in [0.15, 0.2) is 5.40 Å². The summed E-state index contributed by atoms with van der Waals surface area (Å²) in [6.07, 6.45) is 0.909. The number of hydrogen-bond acceptors (Lipinski definition) is 10. The predicted molar refractivity (Wildman–Crippen MR) is 156 cm³/mol. The molecule has 0 saturated heterocycles. The Labute approximate surface area is 236 Å². The maximum absolute atomic E-state index is 14.2. The Morgan fingerprint density at radius 2 is 1.21 bits per heavy atom. The summed E-state index contributed by atoms with van der Waals surface area (Å²) in [7, 11) is -11.4. The fourth-order valence-electron chi connectivity index (χ4n) is 3.89. The summed E-state index contributed by atoms with van der Waals surface area (Å²) in [5.41, 5.74) is -0.377. The molecule has 0 aliphatic rings. The lowest BCUT2D eigenvalue weighted by atomic mass is 9.93. The van der Waals surface area contributed by atoms with Gasteiger partial charge < -0.3 is 27.4 Å². The highest BCUT2D eigenvalue weighted by molar-refractivity contribution is 7.72. The second-order valence-electron chi connectivity index (χ2n) is 10.9. The molecule has 0 spiro atoms. The summed E-state index contributed by atoms with van der Waals surface area (Å²) in [5.74, 6) is -0.521. The van der Waals surface area contributed by atoms with Gasteiger partial charge in [0.25, 0.3) is 7.52 Å². The van der Waals surface area contributed by atoms with Gasteiger partial charge in [-0.15, -0.1) is 0 Å². The van der Waals surface area contributed by atoms with E-state index in [9.17, 15) is 18.5 Å². The van der Waals surface area contributed by atoms with Gasteiger partial charge in [0.05, 0.1) is 44.8 Å². The molecule has 234 valence electrons. The number of rotatable bonds is 21. The Morgan fingerprint density at radius 1 is 0.744 bits per heavy atom. The first-order chi connectivity index (χ1) is 17.9. The second kappa shape index (κ2) is 17.1. The lowest BCUT2D eigenvalue weighted by molar-refractivity contribution is -0.144. The zero-order chi connectivity index (χ0) is 30.5. The van der Waals surface area contributed by atoms with Gasteiger partial charge in [-0.1, -0.05) is 20.8 Å². The first-order valence-electron chi connectivity index (χ1n) is 13.9. The summed E-state index contributed by atoms with van der Waals surface area (Å²) in [5, 5.41) is 0.842. The normalized spacial score (nSPS) is 17.7. The highest BCUT2D eigenvalue weighted by Crippen LogP contribution is 2.72. The highest BCUT2D eigenvalue weighted by atomic mass is 31.2. The Hall–Kier alpha value is -0.0800. The summed E-state index contributed by atoms with van der Waals surface area (Å²) >= 11 is 0. The van der Waals surface area contributed by atoms with Crippen LogP contribution in [0, 0.1) is 5.41 Å². The fraction of sp³-hybridized carbons (Fsp3) is 0.960. The van der Waals surface area contributed by atoms with Crippen LogP contribution in [0.5, 0.6) is 0 Å². The molecule has 0 bridgehead atoms. The Morgan fingerprint density at radius 3 is 1.62 bits per heavy atom. The molecule has 0 saturated carbocycles. The molecule has 0 amide bonds. The third-order valence-corrected chi connectivity index (χ3v) is 14.9. The van der Waals surface area contributed by atoms with Gasteiger partial charge in [0.1, 0.15) is 6.04 Å². The van der Waals surface area contributed by atoms with Crippen molar-refractivity contribution in [1.82, 2.24) is 5.09 Å². The van der Waals surface area contributed by atoms with E-state index in [-0.39, 0.29) is 51.5 Å². The molecule has 0 fully saturated rings. The topological polar surface area (TPSA) is 136 Å². The fourth-order valence-corrected chi connectivity index (χ4v) is 12.1. The van der Waals surface area contributed by atoms with Gasteiger partial charge in [0.2, 0.25) is 0 Å². The minimum Gasteiger partial charge on any atom is -0.465 e. The van der Waals surface area contributed by atoms with Crippen molar-refractivity contribution in [2.45, 2.75) is 112 Å². The average Bonchev–Trinajstić information content (AvgIpc) is 2.80. The maximum atomic E-state index is 14.2. The molecule has 0 rings (SSSR count). The lowest BCUT2D eigenvalue weighted by Gasteiger charge is -2.36. The minimum absolute atomic E-state index is 0.0147. The maximum Gasteiger partial charge on any atom is 0.345 e. The SMILES string of the molecule is CCOC(=O)C(C)NP(=O)(OCC)C(C)(C)CCCOP(=O)(OCC)C(CC(C)(C)C)P(=O)(OCC)OCC. The van der Waals surface area contributed by atoms with Crippen LogP contribution >= 0.6 is 22.7 Å². The van der Waals surface area contributed by atoms with Crippen LogP contribution in [0.1, 0.15) is 95.4 Å². The summed E-state index contributed by atoms with van der Waals surface area (Å²) in [4.78, 5) is 12.2. The number of hydrogen-bond donors (Lipinski definition) is 1. The Balaban J connectivity index is 5.88. The van der Waals surface area contributed by atoms with Crippen molar-refractivity contribution in [3.63, 3.8) is 0 Å². The summed E-state index contributed by atoms with van der Waals surface area (Å²) in [6.45, 7) is 20.1. The number of carbonyl (C=O) groups is 1. The van der Waals surface area contributed by atoms with E-state index in [0.29, 0.717) is 12.8 Å². The summed E-state index contributed by atoms with van der Waals surface area (Å²) in [6, 6.07) is -0.833.